The number of esters is 1. The summed E-state index contributed by atoms with van der Waals surface area (Å²) in [6, 6.07) is 9.75. The SMILES string of the molecule is CCOC(=O)C(C)NC(=O)c1ccc(Oc2ccc(Br)cc2)nc1. The molecule has 0 saturated heterocycles. The first kappa shape index (κ1) is 17.9. The zero-order valence-electron chi connectivity index (χ0n) is 13.3. The molecule has 2 aromatic rings. The molecule has 1 aromatic heterocycles. The predicted octanol–water partition coefficient (Wildman–Crippen LogP) is 3.32. The van der Waals surface area contributed by atoms with E-state index in [0.717, 1.165) is 4.47 Å². The normalized spacial score (nSPS) is 11.5. The maximum atomic E-state index is 12.1. The Morgan fingerprint density at radius 3 is 2.50 bits per heavy atom. The Labute approximate surface area is 148 Å². The maximum absolute atomic E-state index is 12.1. The van der Waals surface area contributed by atoms with Crippen LogP contribution in [0.25, 0.3) is 0 Å². The second-order valence-electron chi connectivity index (χ2n) is 4.89. The summed E-state index contributed by atoms with van der Waals surface area (Å²) in [5.74, 6) is 0.124. The van der Waals surface area contributed by atoms with Crippen LogP contribution in [0.1, 0.15) is 24.2 Å². The van der Waals surface area contributed by atoms with Gasteiger partial charge in [-0.1, -0.05) is 15.9 Å². The van der Waals surface area contributed by atoms with Crippen molar-refractivity contribution >= 4 is 27.8 Å². The largest absolute Gasteiger partial charge is 0.464 e. The maximum Gasteiger partial charge on any atom is 0.328 e. The first-order valence-electron chi connectivity index (χ1n) is 7.36. The Balaban J connectivity index is 1.97. The van der Waals surface area contributed by atoms with Crippen LogP contribution in [0.5, 0.6) is 11.6 Å². The molecule has 1 unspecified atom stereocenters. The van der Waals surface area contributed by atoms with Crippen LogP contribution < -0.4 is 10.1 Å². The lowest BCUT2D eigenvalue weighted by molar-refractivity contribution is -0.144. The number of benzene rings is 1. The van der Waals surface area contributed by atoms with E-state index in [4.69, 9.17) is 9.47 Å². The van der Waals surface area contributed by atoms with Gasteiger partial charge in [0.2, 0.25) is 5.88 Å². The van der Waals surface area contributed by atoms with Crippen molar-refractivity contribution in [2.24, 2.45) is 0 Å². The number of carbonyl (C=O) groups is 2. The van der Waals surface area contributed by atoms with Crippen molar-refractivity contribution in [2.45, 2.75) is 19.9 Å². The molecule has 6 nitrogen and oxygen atoms in total. The molecular formula is C17H17BrN2O4. The van der Waals surface area contributed by atoms with Crippen LogP contribution in [0.2, 0.25) is 0 Å². The van der Waals surface area contributed by atoms with Crippen LogP contribution in [-0.4, -0.2) is 29.5 Å². The van der Waals surface area contributed by atoms with Gasteiger partial charge in [-0.05, 0) is 44.2 Å². The third-order valence-corrected chi connectivity index (χ3v) is 3.55. The van der Waals surface area contributed by atoms with Crippen molar-refractivity contribution in [3.05, 3.63) is 52.6 Å². The quantitative estimate of drug-likeness (QED) is 0.762. The van der Waals surface area contributed by atoms with Crippen molar-refractivity contribution in [2.75, 3.05) is 6.61 Å². The molecule has 0 aliphatic heterocycles. The van der Waals surface area contributed by atoms with E-state index in [9.17, 15) is 9.59 Å². The van der Waals surface area contributed by atoms with Crippen LogP contribution in [0, 0.1) is 0 Å². The Bertz CT molecular complexity index is 702. The van der Waals surface area contributed by atoms with Gasteiger partial charge in [-0.3, -0.25) is 4.79 Å². The number of nitrogens with one attached hydrogen (secondary N) is 1. The summed E-state index contributed by atoms with van der Waals surface area (Å²) in [5, 5.41) is 2.56. The van der Waals surface area contributed by atoms with Gasteiger partial charge in [0.05, 0.1) is 12.2 Å². The first-order valence-corrected chi connectivity index (χ1v) is 8.16. The molecule has 0 spiro atoms. The van der Waals surface area contributed by atoms with Crippen molar-refractivity contribution in [3.63, 3.8) is 0 Å². The third-order valence-electron chi connectivity index (χ3n) is 3.02. The molecule has 7 heteroatoms. The molecule has 0 radical (unpaired) electrons. The van der Waals surface area contributed by atoms with Crippen LogP contribution in [-0.2, 0) is 9.53 Å². The summed E-state index contributed by atoms with van der Waals surface area (Å²) < 4.78 is 11.4. The molecule has 0 aliphatic carbocycles. The molecule has 1 amide bonds. The highest BCUT2D eigenvalue weighted by atomic mass is 79.9. The molecule has 1 heterocycles. The Morgan fingerprint density at radius 1 is 1.21 bits per heavy atom. The zero-order chi connectivity index (χ0) is 17.5. The van der Waals surface area contributed by atoms with Gasteiger partial charge in [0.25, 0.3) is 5.91 Å². The molecular weight excluding hydrogens is 376 g/mol. The zero-order valence-corrected chi connectivity index (χ0v) is 14.9. The average Bonchev–Trinajstić information content (AvgIpc) is 2.57. The van der Waals surface area contributed by atoms with E-state index in [2.05, 4.69) is 26.2 Å². The van der Waals surface area contributed by atoms with Crippen molar-refractivity contribution in [1.82, 2.24) is 10.3 Å². The number of rotatable bonds is 6. The average molecular weight is 393 g/mol. The number of aromatic nitrogens is 1. The van der Waals surface area contributed by atoms with Gasteiger partial charge < -0.3 is 14.8 Å². The minimum absolute atomic E-state index is 0.267. The van der Waals surface area contributed by atoms with Crippen LogP contribution >= 0.6 is 15.9 Å². The van der Waals surface area contributed by atoms with E-state index in [1.165, 1.54) is 6.20 Å². The first-order chi connectivity index (χ1) is 11.5. The highest BCUT2D eigenvalue weighted by Gasteiger charge is 2.17. The number of ether oxygens (including phenoxy) is 2. The monoisotopic (exact) mass is 392 g/mol. The summed E-state index contributed by atoms with van der Waals surface area (Å²) in [4.78, 5) is 27.7. The highest BCUT2D eigenvalue weighted by Crippen LogP contribution is 2.21. The van der Waals surface area contributed by atoms with Crippen molar-refractivity contribution in [1.29, 1.82) is 0 Å². The summed E-state index contributed by atoms with van der Waals surface area (Å²) in [5.41, 5.74) is 0.328. The van der Waals surface area contributed by atoms with E-state index in [1.54, 1.807) is 38.1 Å². The lowest BCUT2D eigenvalue weighted by Crippen LogP contribution is -2.39. The van der Waals surface area contributed by atoms with Crippen LogP contribution in [0.3, 0.4) is 0 Å². The highest BCUT2D eigenvalue weighted by molar-refractivity contribution is 9.10. The van der Waals surface area contributed by atoms with Gasteiger partial charge in [0.1, 0.15) is 11.8 Å². The summed E-state index contributed by atoms with van der Waals surface area (Å²) in [6.45, 7) is 3.54. The van der Waals surface area contributed by atoms with E-state index in [0.29, 0.717) is 17.2 Å². The van der Waals surface area contributed by atoms with Gasteiger partial charge in [0.15, 0.2) is 0 Å². The predicted molar refractivity (Wildman–Crippen MR) is 92.0 cm³/mol. The number of nitrogens with zero attached hydrogens (tertiary/aromatic N) is 1. The van der Waals surface area contributed by atoms with E-state index < -0.39 is 17.9 Å². The fourth-order valence-corrected chi connectivity index (χ4v) is 2.07. The molecule has 0 saturated carbocycles. The number of hydrogen-bond acceptors (Lipinski definition) is 5. The topological polar surface area (TPSA) is 77.5 Å². The number of pyridine rings is 1. The number of carbonyl (C=O) groups excluding carboxylic acids is 2. The number of amides is 1. The van der Waals surface area contributed by atoms with Crippen LogP contribution in [0.4, 0.5) is 0 Å². The molecule has 0 fully saturated rings. The summed E-state index contributed by atoms with van der Waals surface area (Å²) >= 11 is 3.35. The molecule has 126 valence electrons. The van der Waals surface area contributed by atoms with Crippen LogP contribution in [0.15, 0.2) is 47.1 Å². The Hall–Kier alpha value is -2.41. The Morgan fingerprint density at radius 2 is 1.92 bits per heavy atom. The van der Waals surface area contributed by atoms with E-state index in [-0.39, 0.29) is 6.61 Å². The minimum atomic E-state index is -0.726. The molecule has 24 heavy (non-hydrogen) atoms. The smallest absolute Gasteiger partial charge is 0.328 e. The number of halogens is 1. The van der Waals surface area contributed by atoms with Gasteiger partial charge >= 0.3 is 5.97 Å². The molecule has 2 rings (SSSR count). The fraction of sp³-hybridized carbons (Fsp3) is 0.235. The summed E-state index contributed by atoms with van der Waals surface area (Å²) in [7, 11) is 0. The number of hydrogen-bond donors (Lipinski definition) is 1. The van der Waals surface area contributed by atoms with Crippen molar-refractivity contribution < 1.29 is 19.1 Å². The van der Waals surface area contributed by atoms with Gasteiger partial charge in [0, 0.05) is 16.7 Å². The standard InChI is InChI=1S/C17H17BrN2O4/c1-3-23-17(22)11(2)20-16(21)12-4-9-15(19-10-12)24-14-7-5-13(18)6-8-14/h4-11H,3H2,1-2H3,(H,20,21). The van der Waals surface area contributed by atoms with E-state index >= 15 is 0 Å². The molecule has 1 aromatic carbocycles. The fourth-order valence-electron chi connectivity index (χ4n) is 1.80. The lowest BCUT2D eigenvalue weighted by atomic mass is 10.2. The minimum Gasteiger partial charge on any atom is -0.464 e. The van der Waals surface area contributed by atoms with Gasteiger partial charge in [-0.2, -0.15) is 0 Å². The Kier molecular flexibility index (Phi) is 6.31. The summed E-state index contributed by atoms with van der Waals surface area (Å²) in [6.07, 6.45) is 1.39. The van der Waals surface area contributed by atoms with E-state index in [1.807, 2.05) is 12.1 Å². The molecule has 1 N–H and O–H groups in total. The van der Waals surface area contributed by atoms with Gasteiger partial charge in [-0.25, -0.2) is 9.78 Å². The van der Waals surface area contributed by atoms with Gasteiger partial charge in [-0.15, -0.1) is 0 Å². The molecule has 0 aliphatic rings. The third kappa shape index (κ3) is 5.06. The molecule has 1 atom stereocenters. The lowest BCUT2D eigenvalue weighted by Gasteiger charge is -2.12. The van der Waals surface area contributed by atoms with Crippen molar-refractivity contribution in [3.8, 4) is 11.6 Å². The molecule has 0 bridgehead atoms. The second kappa shape index (κ2) is 8.44. The second-order valence-corrected chi connectivity index (χ2v) is 5.80.